The molecule has 20 heavy (non-hydrogen) atoms. The van der Waals surface area contributed by atoms with Crippen molar-refractivity contribution in [2.45, 2.75) is 71.6 Å². The average Bonchev–Trinajstić information content (AvgIpc) is 2.66. The third kappa shape index (κ3) is 3.82. The summed E-state index contributed by atoms with van der Waals surface area (Å²) in [5, 5.41) is 6.44. The molecule has 0 saturated carbocycles. The maximum absolute atomic E-state index is 12.1. The number of fused-ring (bicyclic) bond motifs is 1. The van der Waals surface area contributed by atoms with Crippen LogP contribution in [0.3, 0.4) is 0 Å². The largest absolute Gasteiger partial charge is 0.350 e. The number of carbonyl (C=O) groups is 1. The maximum Gasteiger partial charge on any atom is 0.237 e. The normalized spacial score (nSPS) is 20.4. The summed E-state index contributed by atoms with van der Waals surface area (Å²) in [4.78, 5) is 16.6. The van der Waals surface area contributed by atoms with E-state index in [1.54, 1.807) is 0 Å². The molecule has 2 unspecified atom stereocenters. The van der Waals surface area contributed by atoms with Gasteiger partial charge in [-0.2, -0.15) is 0 Å². The Labute approximate surface area is 121 Å². The number of rotatable bonds is 3. The Morgan fingerprint density at radius 1 is 1.50 bits per heavy atom. The summed E-state index contributed by atoms with van der Waals surface area (Å²) in [5.41, 5.74) is 0.882. The first-order valence-corrected chi connectivity index (χ1v) is 7.35. The zero-order chi connectivity index (χ0) is 14.9. The second-order valence-corrected chi connectivity index (χ2v) is 6.81. The highest BCUT2D eigenvalue weighted by Gasteiger charge is 2.25. The first-order valence-electron chi connectivity index (χ1n) is 7.35. The second kappa shape index (κ2) is 5.56. The van der Waals surface area contributed by atoms with Crippen LogP contribution in [0.15, 0.2) is 6.20 Å². The average molecular weight is 278 g/mol. The van der Waals surface area contributed by atoms with Gasteiger partial charge in [0.1, 0.15) is 5.82 Å². The molecule has 0 aliphatic carbocycles. The van der Waals surface area contributed by atoms with E-state index in [-0.39, 0.29) is 17.5 Å². The molecule has 0 saturated heterocycles. The number of imidazole rings is 1. The molecule has 0 fully saturated rings. The van der Waals surface area contributed by atoms with Crippen LogP contribution in [0.25, 0.3) is 0 Å². The van der Waals surface area contributed by atoms with Crippen molar-refractivity contribution in [3.63, 3.8) is 0 Å². The summed E-state index contributed by atoms with van der Waals surface area (Å²) in [6.07, 6.45) is 4.09. The lowest BCUT2D eigenvalue weighted by Crippen LogP contribution is -2.53. The van der Waals surface area contributed by atoms with Crippen molar-refractivity contribution in [2.24, 2.45) is 0 Å². The van der Waals surface area contributed by atoms with E-state index < -0.39 is 0 Å². The van der Waals surface area contributed by atoms with Crippen LogP contribution < -0.4 is 10.6 Å². The number of nitrogens with one attached hydrogen (secondary N) is 2. The molecule has 1 amide bonds. The number of amides is 1. The van der Waals surface area contributed by atoms with E-state index in [9.17, 15) is 4.79 Å². The summed E-state index contributed by atoms with van der Waals surface area (Å²) in [6, 6.07) is 0.155. The highest BCUT2D eigenvalue weighted by Crippen LogP contribution is 2.15. The van der Waals surface area contributed by atoms with Crippen LogP contribution in [0.1, 0.15) is 45.6 Å². The lowest BCUT2D eigenvalue weighted by molar-refractivity contribution is -0.124. The molecule has 0 spiro atoms. The summed E-state index contributed by atoms with van der Waals surface area (Å²) in [7, 11) is 0. The smallest absolute Gasteiger partial charge is 0.237 e. The summed E-state index contributed by atoms with van der Waals surface area (Å²) in [6.45, 7) is 10.8. The number of nitrogens with zero attached hydrogens (tertiary/aromatic N) is 2. The van der Waals surface area contributed by atoms with Gasteiger partial charge in [0.2, 0.25) is 5.91 Å². The first-order chi connectivity index (χ1) is 9.24. The molecule has 5 heteroatoms. The van der Waals surface area contributed by atoms with Crippen LogP contribution in [-0.4, -0.2) is 33.1 Å². The SMILES string of the molecule is Cc1cn2c(n1)CCC(NC(C)C(=O)NC(C)(C)C)C2. The van der Waals surface area contributed by atoms with Gasteiger partial charge in [0.05, 0.1) is 11.7 Å². The molecule has 0 radical (unpaired) electrons. The Balaban J connectivity index is 1.90. The fourth-order valence-corrected chi connectivity index (χ4v) is 2.63. The van der Waals surface area contributed by atoms with Gasteiger partial charge >= 0.3 is 0 Å². The Morgan fingerprint density at radius 3 is 2.85 bits per heavy atom. The molecule has 2 N–H and O–H groups in total. The summed E-state index contributed by atoms with van der Waals surface area (Å²) < 4.78 is 2.20. The van der Waals surface area contributed by atoms with E-state index >= 15 is 0 Å². The van der Waals surface area contributed by atoms with Gasteiger partial charge < -0.3 is 15.2 Å². The van der Waals surface area contributed by atoms with Gasteiger partial charge in [-0.25, -0.2) is 4.98 Å². The maximum atomic E-state index is 12.1. The summed E-state index contributed by atoms with van der Waals surface area (Å²) >= 11 is 0. The van der Waals surface area contributed by atoms with Crippen molar-refractivity contribution >= 4 is 5.91 Å². The van der Waals surface area contributed by atoms with Gasteiger partial charge in [-0.3, -0.25) is 4.79 Å². The van der Waals surface area contributed by atoms with Crippen LogP contribution in [0.4, 0.5) is 0 Å². The van der Waals surface area contributed by atoms with E-state index in [2.05, 4.69) is 26.4 Å². The quantitative estimate of drug-likeness (QED) is 0.878. The van der Waals surface area contributed by atoms with Gasteiger partial charge in [0.25, 0.3) is 0 Å². The summed E-state index contributed by atoms with van der Waals surface area (Å²) in [5.74, 6) is 1.22. The van der Waals surface area contributed by atoms with E-state index in [4.69, 9.17) is 0 Å². The van der Waals surface area contributed by atoms with Gasteiger partial charge in [0, 0.05) is 30.7 Å². The number of carbonyl (C=O) groups excluding carboxylic acids is 1. The molecule has 1 aliphatic rings. The van der Waals surface area contributed by atoms with Crippen molar-refractivity contribution in [2.75, 3.05) is 0 Å². The first kappa shape index (κ1) is 15.0. The number of hydrogen-bond acceptors (Lipinski definition) is 3. The lowest BCUT2D eigenvalue weighted by atomic mass is 10.1. The Kier molecular flexibility index (Phi) is 4.18. The van der Waals surface area contributed by atoms with E-state index in [0.29, 0.717) is 6.04 Å². The molecule has 1 aromatic heterocycles. The predicted octanol–water partition coefficient (Wildman–Crippen LogP) is 1.40. The highest BCUT2D eigenvalue weighted by molar-refractivity contribution is 5.81. The highest BCUT2D eigenvalue weighted by atomic mass is 16.2. The van der Waals surface area contributed by atoms with Gasteiger partial charge in [-0.05, 0) is 41.0 Å². The molecule has 112 valence electrons. The minimum atomic E-state index is -0.186. The monoisotopic (exact) mass is 278 g/mol. The molecule has 2 atom stereocenters. The van der Waals surface area contributed by atoms with Crippen molar-refractivity contribution in [3.8, 4) is 0 Å². The third-order valence-corrected chi connectivity index (χ3v) is 3.49. The van der Waals surface area contributed by atoms with Crippen LogP contribution >= 0.6 is 0 Å². The number of aryl methyl sites for hydroxylation is 2. The predicted molar refractivity (Wildman–Crippen MR) is 79.6 cm³/mol. The van der Waals surface area contributed by atoms with Gasteiger partial charge in [-0.1, -0.05) is 0 Å². The fraction of sp³-hybridized carbons (Fsp3) is 0.733. The van der Waals surface area contributed by atoms with Crippen LogP contribution in [-0.2, 0) is 17.8 Å². The Bertz CT molecular complexity index is 487. The molecule has 0 aromatic carbocycles. The topological polar surface area (TPSA) is 59.0 Å². The van der Waals surface area contributed by atoms with Crippen molar-refractivity contribution in [3.05, 3.63) is 17.7 Å². The Morgan fingerprint density at radius 2 is 2.20 bits per heavy atom. The van der Waals surface area contributed by atoms with Gasteiger partial charge in [-0.15, -0.1) is 0 Å². The standard InChI is InChI=1S/C15H26N4O/c1-10-8-19-9-12(6-7-13(19)16-10)17-11(2)14(20)18-15(3,4)5/h8,11-12,17H,6-7,9H2,1-5H3,(H,18,20). The molecule has 1 aliphatic heterocycles. The van der Waals surface area contributed by atoms with Crippen LogP contribution in [0.5, 0.6) is 0 Å². The Hall–Kier alpha value is -1.36. The molecule has 2 rings (SSSR count). The van der Waals surface area contributed by atoms with Crippen molar-refractivity contribution in [1.82, 2.24) is 20.2 Å². The van der Waals surface area contributed by atoms with E-state index in [1.165, 1.54) is 0 Å². The molecule has 1 aromatic rings. The third-order valence-electron chi connectivity index (χ3n) is 3.49. The number of aromatic nitrogens is 2. The van der Waals surface area contributed by atoms with E-state index in [0.717, 1.165) is 30.9 Å². The molecule has 2 heterocycles. The molecule has 0 bridgehead atoms. The van der Waals surface area contributed by atoms with Crippen molar-refractivity contribution < 1.29 is 4.79 Å². The van der Waals surface area contributed by atoms with Crippen molar-refractivity contribution in [1.29, 1.82) is 0 Å². The second-order valence-electron chi connectivity index (χ2n) is 6.81. The van der Waals surface area contributed by atoms with Crippen LogP contribution in [0.2, 0.25) is 0 Å². The lowest BCUT2D eigenvalue weighted by Gasteiger charge is -2.29. The molecular weight excluding hydrogens is 252 g/mol. The fourth-order valence-electron chi connectivity index (χ4n) is 2.63. The van der Waals surface area contributed by atoms with Crippen LogP contribution in [0, 0.1) is 6.92 Å². The van der Waals surface area contributed by atoms with Gasteiger partial charge in [0.15, 0.2) is 0 Å². The minimum absolute atomic E-state index is 0.0603. The molecule has 5 nitrogen and oxygen atoms in total. The molecular formula is C15H26N4O. The number of hydrogen-bond donors (Lipinski definition) is 2. The zero-order valence-electron chi connectivity index (χ0n) is 13.2. The minimum Gasteiger partial charge on any atom is -0.350 e. The van der Waals surface area contributed by atoms with E-state index in [1.807, 2.05) is 34.6 Å². The zero-order valence-corrected chi connectivity index (χ0v) is 13.2.